The SMILES string of the molecule is CNc1cc(C(=O)N2CCCC(C)CC2)ccn1. The summed E-state index contributed by atoms with van der Waals surface area (Å²) in [5.41, 5.74) is 0.726. The van der Waals surface area contributed by atoms with E-state index >= 15 is 0 Å². The molecule has 0 bridgehead atoms. The Morgan fingerprint density at radius 1 is 1.44 bits per heavy atom. The molecule has 18 heavy (non-hydrogen) atoms. The molecular weight excluding hydrogens is 226 g/mol. The average Bonchev–Trinajstić information content (AvgIpc) is 2.63. The van der Waals surface area contributed by atoms with Crippen LogP contribution in [0.5, 0.6) is 0 Å². The first kappa shape index (κ1) is 12.9. The van der Waals surface area contributed by atoms with Crippen molar-refractivity contribution in [3.05, 3.63) is 23.9 Å². The smallest absolute Gasteiger partial charge is 0.254 e. The largest absolute Gasteiger partial charge is 0.373 e. The molecule has 0 radical (unpaired) electrons. The number of aromatic nitrogens is 1. The summed E-state index contributed by atoms with van der Waals surface area (Å²) in [6, 6.07) is 3.61. The van der Waals surface area contributed by atoms with Gasteiger partial charge in [-0.1, -0.05) is 6.92 Å². The highest BCUT2D eigenvalue weighted by Gasteiger charge is 2.19. The summed E-state index contributed by atoms with van der Waals surface area (Å²) in [7, 11) is 1.81. The Labute approximate surface area is 108 Å². The highest BCUT2D eigenvalue weighted by Crippen LogP contribution is 2.18. The molecule has 1 atom stereocenters. The summed E-state index contributed by atoms with van der Waals surface area (Å²) < 4.78 is 0. The molecule has 1 aliphatic rings. The maximum absolute atomic E-state index is 12.4. The van der Waals surface area contributed by atoms with Crippen LogP contribution < -0.4 is 5.32 Å². The van der Waals surface area contributed by atoms with Crippen molar-refractivity contribution in [3.63, 3.8) is 0 Å². The molecule has 1 aromatic heterocycles. The normalized spacial score (nSPS) is 20.3. The van der Waals surface area contributed by atoms with E-state index in [4.69, 9.17) is 0 Å². The van der Waals surface area contributed by atoms with Gasteiger partial charge in [0.2, 0.25) is 0 Å². The maximum atomic E-state index is 12.4. The zero-order chi connectivity index (χ0) is 13.0. The number of hydrogen-bond donors (Lipinski definition) is 1. The molecule has 1 aromatic rings. The Bertz CT molecular complexity index is 419. The van der Waals surface area contributed by atoms with Crippen molar-refractivity contribution in [1.82, 2.24) is 9.88 Å². The number of likely N-dealkylation sites (tertiary alicyclic amines) is 1. The molecule has 1 saturated heterocycles. The summed E-state index contributed by atoms with van der Waals surface area (Å²) >= 11 is 0. The number of anilines is 1. The summed E-state index contributed by atoms with van der Waals surface area (Å²) in [5, 5.41) is 2.96. The average molecular weight is 247 g/mol. The van der Waals surface area contributed by atoms with E-state index < -0.39 is 0 Å². The highest BCUT2D eigenvalue weighted by atomic mass is 16.2. The van der Waals surface area contributed by atoms with E-state index in [0.29, 0.717) is 0 Å². The van der Waals surface area contributed by atoms with Gasteiger partial charge in [-0.25, -0.2) is 4.98 Å². The van der Waals surface area contributed by atoms with Gasteiger partial charge < -0.3 is 10.2 Å². The zero-order valence-corrected chi connectivity index (χ0v) is 11.1. The molecule has 0 aliphatic carbocycles. The minimum Gasteiger partial charge on any atom is -0.373 e. The van der Waals surface area contributed by atoms with Crippen molar-refractivity contribution in [2.24, 2.45) is 5.92 Å². The number of carbonyl (C=O) groups is 1. The zero-order valence-electron chi connectivity index (χ0n) is 11.1. The Balaban J connectivity index is 2.09. The Morgan fingerprint density at radius 2 is 2.28 bits per heavy atom. The molecule has 4 heteroatoms. The van der Waals surface area contributed by atoms with Crippen LogP contribution in [-0.4, -0.2) is 35.9 Å². The lowest BCUT2D eigenvalue weighted by molar-refractivity contribution is 0.0760. The van der Waals surface area contributed by atoms with E-state index in [1.54, 1.807) is 12.3 Å². The first-order chi connectivity index (χ1) is 8.70. The van der Waals surface area contributed by atoms with Crippen molar-refractivity contribution in [2.45, 2.75) is 26.2 Å². The van der Waals surface area contributed by atoms with Crippen molar-refractivity contribution in [3.8, 4) is 0 Å². The lowest BCUT2D eigenvalue weighted by atomic mass is 10.0. The third-order valence-electron chi connectivity index (χ3n) is 3.57. The highest BCUT2D eigenvalue weighted by molar-refractivity contribution is 5.94. The van der Waals surface area contributed by atoms with Gasteiger partial charge in [-0.15, -0.1) is 0 Å². The van der Waals surface area contributed by atoms with Crippen LogP contribution in [0.4, 0.5) is 5.82 Å². The molecule has 4 nitrogen and oxygen atoms in total. The van der Waals surface area contributed by atoms with Crippen LogP contribution in [0.25, 0.3) is 0 Å². The molecule has 1 amide bonds. The number of nitrogens with one attached hydrogen (secondary N) is 1. The second-order valence-electron chi connectivity index (χ2n) is 5.01. The van der Waals surface area contributed by atoms with Crippen LogP contribution in [0.15, 0.2) is 18.3 Å². The van der Waals surface area contributed by atoms with Crippen LogP contribution in [0.3, 0.4) is 0 Å². The standard InChI is InChI=1S/C14H21N3O/c1-11-4-3-8-17(9-6-11)14(18)12-5-7-16-13(10-12)15-2/h5,7,10-11H,3-4,6,8-9H2,1-2H3,(H,15,16). The lowest BCUT2D eigenvalue weighted by Gasteiger charge is -2.20. The van der Waals surface area contributed by atoms with Gasteiger partial charge in [0.1, 0.15) is 5.82 Å². The molecule has 2 rings (SSSR count). The van der Waals surface area contributed by atoms with Crippen LogP contribution in [0, 0.1) is 5.92 Å². The fraction of sp³-hybridized carbons (Fsp3) is 0.571. The number of amides is 1. The van der Waals surface area contributed by atoms with Gasteiger partial charge in [-0.05, 0) is 37.3 Å². The number of nitrogens with zero attached hydrogens (tertiary/aromatic N) is 2. The third-order valence-corrected chi connectivity index (χ3v) is 3.57. The van der Waals surface area contributed by atoms with Gasteiger partial charge in [-0.2, -0.15) is 0 Å². The minimum absolute atomic E-state index is 0.128. The molecule has 0 aromatic carbocycles. The molecule has 2 heterocycles. The number of carbonyl (C=O) groups excluding carboxylic acids is 1. The molecular formula is C14H21N3O. The second-order valence-corrected chi connectivity index (χ2v) is 5.01. The van der Waals surface area contributed by atoms with E-state index in [2.05, 4.69) is 17.2 Å². The number of hydrogen-bond acceptors (Lipinski definition) is 3. The summed E-state index contributed by atoms with van der Waals surface area (Å²) in [4.78, 5) is 18.5. The van der Waals surface area contributed by atoms with Crippen molar-refractivity contribution in [1.29, 1.82) is 0 Å². The summed E-state index contributed by atoms with van der Waals surface area (Å²) in [5.74, 6) is 1.60. The van der Waals surface area contributed by atoms with Gasteiger partial charge in [0, 0.05) is 31.9 Å². The van der Waals surface area contributed by atoms with Gasteiger partial charge in [-0.3, -0.25) is 4.79 Å². The predicted molar refractivity (Wildman–Crippen MR) is 72.7 cm³/mol. The van der Waals surface area contributed by atoms with E-state index in [1.807, 2.05) is 18.0 Å². The molecule has 98 valence electrons. The van der Waals surface area contributed by atoms with Crippen molar-refractivity contribution >= 4 is 11.7 Å². The number of pyridine rings is 1. The Morgan fingerprint density at radius 3 is 3.06 bits per heavy atom. The topological polar surface area (TPSA) is 45.2 Å². The molecule has 1 fully saturated rings. The molecule has 0 saturated carbocycles. The second kappa shape index (κ2) is 5.85. The lowest BCUT2D eigenvalue weighted by Crippen LogP contribution is -2.32. The Kier molecular flexibility index (Phi) is 4.18. The van der Waals surface area contributed by atoms with Gasteiger partial charge in [0.05, 0.1) is 0 Å². The van der Waals surface area contributed by atoms with Gasteiger partial charge >= 0.3 is 0 Å². The van der Waals surface area contributed by atoms with Crippen LogP contribution in [0.2, 0.25) is 0 Å². The van der Waals surface area contributed by atoms with E-state index in [9.17, 15) is 4.79 Å². The van der Waals surface area contributed by atoms with Crippen molar-refractivity contribution < 1.29 is 4.79 Å². The van der Waals surface area contributed by atoms with Gasteiger partial charge in [0.25, 0.3) is 5.91 Å². The minimum atomic E-state index is 0.128. The first-order valence-corrected chi connectivity index (χ1v) is 6.64. The molecule has 1 aliphatic heterocycles. The maximum Gasteiger partial charge on any atom is 0.254 e. The van der Waals surface area contributed by atoms with E-state index in [-0.39, 0.29) is 5.91 Å². The van der Waals surface area contributed by atoms with Crippen molar-refractivity contribution in [2.75, 3.05) is 25.5 Å². The van der Waals surface area contributed by atoms with E-state index in [0.717, 1.165) is 43.2 Å². The Hall–Kier alpha value is -1.58. The summed E-state index contributed by atoms with van der Waals surface area (Å²) in [6.07, 6.45) is 5.12. The fourth-order valence-electron chi connectivity index (χ4n) is 2.35. The predicted octanol–water partition coefficient (Wildman–Crippen LogP) is 2.39. The quantitative estimate of drug-likeness (QED) is 0.872. The molecule has 0 spiro atoms. The number of rotatable bonds is 2. The van der Waals surface area contributed by atoms with Crippen LogP contribution in [0.1, 0.15) is 36.5 Å². The summed E-state index contributed by atoms with van der Waals surface area (Å²) in [6.45, 7) is 4.01. The van der Waals surface area contributed by atoms with E-state index in [1.165, 1.54) is 6.42 Å². The fourth-order valence-corrected chi connectivity index (χ4v) is 2.35. The first-order valence-electron chi connectivity index (χ1n) is 6.64. The van der Waals surface area contributed by atoms with Crippen LogP contribution >= 0.6 is 0 Å². The monoisotopic (exact) mass is 247 g/mol. The van der Waals surface area contributed by atoms with Crippen LogP contribution in [-0.2, 0) is 0 Å². The third kappa shape index (κ3) is 3.00. The van der Waals surface area contributed by atoms with Gasteiger partial charge in [0.15, 0.2) is 0 Å². The molecule has 1 unspecified atom stereocenters. The molecule has 1 N–H and O–H groups in total.